The summed E-state index contributed by atoms with van der Waals surface area (Å²) in [6, 6.07) is 2.96. The maximum atomic E-state index is 12.5. The number of nitrogens with two attached hydrogens (primary N) is 1. The van der Waals surface area contributed by atoms with Crippen LogP contribution in [0.2, 0.25) is 0 Å². The molecule has 20 heavy (non-hydrogen) atoms. The molecule has 1 aromatic rings. The molecule has 0 radical (unpaired) electrons. The normalized spacial score (nSPS) is 21.1. The zero-order valence-corrected chi connectivity index (χ0v) is 14.9. The van der Waals surface area contributed by atoms with Gasteiger partial charge in [-0.3, -0.25) is 0 Å². The number of sulfonamides is 1. The summed E-state index contributed by atoms with van der Waals surface area (Å²) in [6.45, 7) is 3.13. The van der Waals surface area contributed by atoms with Crippen LogP contribution in [0.25, 0.3) is 0 Å². The Labute approximate surface area is 135 Å². The van der Waals surface area contributed by atoms with Crippen molar-refractivity contribution in [2.45, 2.75) is 24.3 Å². The molecule has 0 bridgehead atoms. The SMILES string of the molecule is CC(NS(=O)(=O)c1c(Br)cc(N)cc1Br)C1CCOC1. The van der Waals surface area contributed by atoms with E-state index in [1.54, 1.807) is 12.1 Å². The van der Waals surface area contributed by atoms with Gasteiger partial charge in [-0.1, -0.05) is 0 Å². The van der Waals surface area contributed by atoms with Crippen LogP contribution in [0.4, 0.5) is 5.69 Å². The van der Waals surface area contributed by atoms with E-state index in [1.807, 2.05) is 6.92 Å². The summed E-state index contributed by atoms with van der Waals surface area (Å²) in [5.41, 5.74) is 6.17. The van der Waals surface area contributed by atoms with E-state index in [9.17, 15) is 8.42 Å². The third-order valence-corrected chi connectivity index (χ3v) is 6.74. The molecule has 0 aliphatic carbocycles. The van der Waals surface area contributed by atoms with Crippen molar-refractivity contribution >= 4 is 47.6 Å². The number of nitrogens with one attached hydrogen (secondary N) is 1. The van der Waals surface area contributed by atoms with Gasteiger partial charge < -0.3 is 10.5 Å². The van der Waals surface area contributed by atoms with Crippen LogP contribution >= 0.6 is 31.9 Å². The van der Waals surface area contributed by atoms with Crippen LogP contribution in [0, 0.1) is 5.92 Å². The molecule has 0 saturated carbocycles. The number of nitrogen functional groups attached to an aromatic ring is 1. The third-order valence-electron chi connectivity index (χ3n) is 3.30. The Hall–Kier alpha value is -0.150. The average Bonchev–Trinajstić information content (AvgIpc) is 2.78. The minimum Gasteiger partial charge on any atom is -0.399 e. The Morgan fingerprint density at radius 3 is 2.50 bits per heavy atom. The molecular formula is C12H16Br2N2O3S. The van der Waals surface area contributed by atoms with Crippen molar-refractivity contribution in [3.8, 4) is 0 Å². The van der Waals surface area contributed by atoms with E-state index in [4.69, 9.17) is 10.5 Å². The summed E-state index contributed by atoms with van der Waals surface area (Å²) in [7, 11) is -3.63. The van der Waals surface area contributed by atoms with Gasteiger partial charge in [-0.2, -0.15) is 0 Å². The van der Waals surface area contributed by atoms with E-state index < -0.39 is 10.0 Å². The third kappa shape index (κ3) is 3.54. The lowest BCUT2D eigenvalue weighted by Crippen LogP contribution is -2.38. The van der Waals surface area contributed by atoms with Gasteiger partial charge in [0.1, 0.15) is 4.90 Å². The number of anilines is 1. The number of halogens is 2. The van der Waals surface area contributed by atoms with Crippen molar-refractivity contribution in [3.63, 3.8) is 0 Å². The minimum atomic E-state index is -3.63. The van der Waals surface area contributed by atoms with Gasteiger partial charge in [0.05, 0.1) is 6.61 Å². The Bertz CT molecular complexity index is 578. The van der Waals surface area contributed by atoms with Crippen LogP contribution in [-0.2, 0) is 14.8 Å². The van der Waals surface area contributed by atoms with Crippen molar-refractivity contribution in [2.75, 3.05) is 18.9 Å². The second kappa shape index (κ2) is 6.31. The highest BCUT2D eigenvalue weighted by Crippen LogP contribution is 2.32. The topological polar surface area (TPSA) is 81.4 Å². The van der Waals surface area contributed by atoms with Crippen molar-refractivity contribution in [1.29, 1.82) is 0 Å². The summed E-state index contributed by atoms with van der Waals surface area (Å²) in [6.07, 6.45) is 0.869. The Morgan fingerprint density at radius 1 is 1.40 bits per heavy atom. The summed E-state index contributed by atoms with van der Waals surface area (Å²) in [4.78, 5) is 0.164. The number of rotatable bonds is 4. The summed E-state index contributed by atoms with van der Waals surface area (Å²) < 4.78 is 33.9. The predicted octanol–water partition coefficient (Wildman–Crippen LogP) is 2.50. The van der Waals surface area contributed by atoms with Crippen LogP contribution in [0.1, 0.15) is 13.3 Å². The zero-order valence-electron chi connectivity index (χ0n) is 10.9. The lowest BCUT2D eigenvalue weighted by molar-refractivity contribution is 0.180. The summed E-state index contributed by atoms with van der Waals surface area (Å²) >= 11 is 6.51. The number of benzene rings is 1. The van der Waals surface area contributed by atoms with Crippen LogP contribution in [-0.4, -0.2) is 27.7 Å². The molecule has 1 saturated heterocycles. The van der Waals surface area contributed by atoms with Crippen LogP contribution in [0.5, 0.6) is 0 Å². The molecule has 1 aliphatic rings. The maximum Gasteiger partial charge on any atom is 0.243 e. The van der Waals surface area contributed by atoms with E-state index in [1.165, 1.54) is 0 Å². The highest BCUT2D eigenvalue weighted by molar-refractivity contribution is 9.11. The first-order valence-corrected chi connectivity index (χ1v) is 9.23. The van der Waals surface area contributed by atoms with Gasteiger partial charge in [0.15, 0.2) is 0 Å². The molecule has 1 heterocycles. The first-order chi connectivity index (χ1) is 9.31. The first kappa shape index (κ1) is 16.2. The average molecular weight is 428 g/mol. The van der Waals surface area contributed by atoms with Crippen LogP contribution in [0.15, 0.2) is 26.0 Å². The molecule has 8 heteroatoms. The zero-order chi connectivity index (χ0) is 14.9. The lowest BCUT2D eigenvalue weighted by atomic mass is 10.0. The number of hydrogen-bond donors (Lipinski definition) is 2. The standard InChI is InChI=1S/C12H16Br2N2O3S/c1-7(8-2-3-19-6-8)16-20(17,18)12-10(13)4-9(15)5-11(12)14/h4-5,7-8,16H,2-3,6,15H2,1H3. The monoisotopic (exact) mass is 426 g/mol. The minimum absolute atomic E-state index is 0.164. The van der Waals surface area contributed by atoms with Gasteiger partial charge in [0.2, 0.25) is 10.0 Å². The highest BCUT2D eigenvalue weighted by Gasteiger charge is 2.29. The molecule has 1 aliphatic heterocycles. The van der Waals surface area contributed by atoms with E-state index >= 15 is 0 Å². The number of ether oxygens (including phenoxy) is 1. The molecule has 0 spiro atoms. The van der Waals surface area contributed by atoms with Crippen LogP contribution in [0.3, 0.4) is 0 Å². The van der Waals surface area contributed by atoms with Gasteiger partial charge in [-0.05, 0) is 57.3 Å². The molecule has 2 rings (SSSR count). The predicted molar refractivity (Wildman–Crippen MR) is 85.0 cm³/mol. The fourth-order valence-electron chi connectivity index (χ4n) is 2.18. The van der Waals surface area contributed by atoms with Crippen molar-refractivity contribution < 1.29 is 13.2 Å². The van der Waals surface area contributed by atoms with E-state index in [-0.39, 0.29) is 16.9 Å². The fraction of sp³-hybridized carbons (Fsp3) is 0.500. The quantitative estimate of drug-likeness (QED) is 0.723. The lowest BCUT2D eigenvalue weighted by Gasteiger charge is -2.20. The van der Waals surface area contributed by atoms with Gasteiger partial charge in [0.25, 0.3) is 0 Å². The van der Waals surface area contributed by atoms with Gasteiger partial charge in [0, 0.05) is 33.2 Å². The molecule has 0 aromatic heterocycles. The van der Waals surface area contributed by atoms with Gasteiger partial charge in [-0.25, -0.2) is 13.1 Å². The second-order valence-electron chi connectivity index (χ2n) is 4.85. The Kier molecular flexibility index (Phi) is 5.12. The molecular weight excluding hydrogens is 412 g/mol. The Balaban J connectivity index is 2.26. The molecule has 112 valence electrons. The molecule has 3 N–H and O–H groups in total. The van der Waals surface area contributed by atoms with E-state index in [2.05, 4.69) is 36.6 Å². The summed E-state index contributed by atoms with van der Waals surface area (Å²) in [5.74, 6) is 0.205. The highest BCUT2D eigenvalue weighted by atomic mass is 79.9. The van der Waals surface area contributed by atoms with Crippen molar-refractivity contribution in [3.05, 3.63) is 21.1 Å². The van der Waals surface area contributed by atoms with Crippen molar-refractivity contribution in [1.82, 2.24) is 4.72 Å². The maximum absolute atomic E-state index is 12.5. The van der Waals surface area contributed by atoms with Crippen LogP contribution < -0.4 is 10.5 Å². The first-order valence-electron chi connectivity index (χ1n) is 6.16. The van der Waals surface area contributed by atoms with Gasteiger partial charge >= 0.3 is 0 Å². The second-order valence-corrected chi connectivity index (χ2v) is 8.21. The Morgan fingerprint density at radius 2 is 2.00 bits per heavy atom. The number of hydrogen-bond acceptors (Lipinski definition) is 4. The molecule has 0 amide bonds. The van der Waals surface area contributed by atoms with Crippen molar-refractivity contribution in [2.24, 2.45) is 5.92 Å². The smallest absolute Gasteiger partial charge is 0.243 e. The van der Waals surface area contributed by atoms with Gasteiger partial charge in [-0.15, -0.1) is 0 Å². The molecule has 2 atom stereocenters. The molecule has 1 fully saturated rings. The van der Waals surface area contributed by atoms with E-state index in [0.717, 1.165) is 6.42 Å². The molecule has 5 nitrogen and oxygen atoms in total. The van der Waals surface area contributed by atoms with E-state index in [0.29, 0.717) is 27.8 Å². The largest absolute Gasteiger partial charge is 0.399 e. The molecule has 1 aromatic carbocycles. The molecule has 2 unspecified atom stereocenters. The fourth-order valence-corrected chi connectivity index (χ4v) is 6.11. The summed E-state index contributed by atoms with van der Waals surface area (Å²) in [5, 5.41) is 0.